The summed E-state index contributed by atoms with van der Waals surface area (Å²) >= 11 is 0. The average Bonchev–Trinajstić information content (AvgIpc) is 2.49. The molecule has 3 rings (SSSR count). The van der Waals surface area contributed by atoms with Crippen LogP contribution in [0.3, 0.4) is 0 Å². The predicted octanol–water partition coefficient (Wildman–Crippen LogP) is 2.44. The van der Waals surface area contributed by atoms with Crippen molar-refractivity contribution in [2.45, 2.75) is 56.5 Å². The zero-order valence-corrected chi connectivity index (χ0v) is 14.8. The minimum Gasteiger partial charge on any atom is -0.480 e. The first-order valence-electron chi connectivity index (χ1n) is 9.08. The van der Waals surface area contributed by atoms with Gasteiger partial charge in [-0.3, -0.25) is 14.5 Å². The molecule has 2 N–H and O–H groups in total. The summed E-state index contributed by atoms with van der Waals surface area (Å²) in [6, 6.07) is 3.50. The van der Waals surface area contributed by atoms with E-state index in [2.05, 4.69) is 5.32 Å². The van der Waals surface area contributed by atoms with Gasteiger partial charge in [0.2, 0.25) is 5.91 Å². The number of hydrogen-bond donors (Lipinski definition) is 2. The van der Waals surface area contributed by atoms with Crippen LogP contribution in [-0.4, -0.2) is 47.1 Å². The molecule has 1 amide bonds. The second-order valence-electron chi connectivity index (χ2n) is 7.31. The van der Waals surface area contributed by atoms with Crippen LogP contribution in [0.2, 0.25) is 0 Å². The van der Waals surface area contributed by atoms with E-state index >= 15 is 0 Å². The Hall–Kier alpha value is -2.02. The number of halogens is 2. The lowest BCUT2D eigenvalue weighted by Gasteiger charge is -2.46. The smallest absolute Gasteiger partial charge is 0.317 e. The Bertz CT molecular complexity index is 700. The number of amides is 1. The van der Waals surface area contributed by atoms with Gasteiger partial charge in [0.15, 0.2) is 0 Å². The van der Waals surface area contributed by atoms with Crippen molar-refractivity contribution >= 4 is 11.9 Å². The number of aliphatic carboxylic acids is 1. The summed E-state index contributed by atoms with van der Waals surface area (Å²) in [5, 5.41) is 11.9. The third-order valence-corrected chi connectivity index (χ3v) is 5.80. The predicted molar refractivity (Wildman–Crippen MR) is 91.7 cm³/mol. The molecule has 5 nitrogen and oxygen atoms in total. The molecule has 2 aliphatic carbocycles. The van der Waals surface area contributed by atoms with Crippen molar-refractivity contribution in [2.24, 2.45) is 0 Å². The first kappa shape index (κ1) is 18.8. The van der Waals surface area contributed by atoms with E-state index in [0.717, 1.165) is 12.5 Å². The number of benzene rings is 1. The SMILES string of the molecule is CCN(CC(=O)O)C1CC(NC(=O)C2(c3ccc(F)cc3F)CCC2)C1. The highest BCUT2D eigenvalue weighted by molar-refractivity contribution is 5.89. The van der Waals surface area contributed by atoms with E-state index in [1.54, 1.807) is 0 Å². The van der Waals surface area contributed by atoms with Gasteiger partial charge in [-0.05, 0) is 38.3 Å². The highest BCUT2D eigenvalue weighted by Crippen LogP contribution is 2.45. The fraction of sp³-hybridized carbons (Fsp3) is 0.579. The number of carbonyl (C=O) groups is 2. The van der Waals surface area contributed by atoms with Gasteiger partial charge in [0.25, 0.3) is 0 Å². The fourth-order valence-corrected chi connectivity index (χ4v) is 4.03. The van der Waals surface area contributed by atoms with Crippen molar-refractivity contribution < 1.29 is 23.5 Å². The van der Waals surface area contributed by atoms with Gasteiger partial charge in [-0.25, -0.2) is 8.78 Å². The Balaban J connectivity index is 1.62. The van der Waals surface area contributed by atoms with E-state index in [1.807, 2.05) is 11.8 Å². The Morgan fingerprint density at radius 1 is 1.31 bits per heavy atom. The van der Waals surface area contributed by atoms with Gasteiger partial charge in [0.05, 0.1) is 12.0 Å². The molecule has 2 fully saturated rings. The van der Waals surface area contributed by atoms with Crippen LogP contribution in [0.4, 0.5) is 8.78 Å². The first-order valence-corrected chi connectivity index (χ1v) is 9.08. The summed E-state index contributed by atoms with van der Waals surface area (Å²) in [7, 11) is 0. The van der Waals surface area contributed by atoms with Gasteiger partial charge in [0, 0.05) is 23.7 Å². The number of nitrogens with zero attached hydrogens (tertiary/aromatic N) is 1. The minimum absolute atomic E-state index is 0.00738. The number of likely N-dealkylation sites (N-methyl/N-ethyl adjacent to an activating group) is 1. The lowest BCUT2D eigenvalue weighted by atomic mass is 9.63. The van der Waals surface area contributed by atoms with E-state index in [1.165, 1.54) is 12.1 Å². The number of nitrogens with one attached hydrogen (secondary N) is 1. The standard InChI is InChI=1S/C19H24F2N2O3/c1-2-23(11-17(24)25)14-9-13(10-14)22-18(26)19(6-3-7-19)15-5-4-12(20)8-16(15)21/h4-5,8,13-14H,2-3,6-7,9-11H2,1H3,(H,22,26)(H,24,25). The lowest BCUT2D eigenvalue weighted by molar-refractivity contribution is -0.140. The van der Waals surface area contributed by atoms with Crippen LogP contribution in [0.25, 0.3) is 0 Å². The molecule has 0 aromatic heterocycles. The van der Waals surface area contributed by atoms with Gasteiger partial charge in [-0.2, -0.15) is 0 Å². The third kappa shape index (κ3) is 3.45. The molecule has 0 aliphatic heterocycles. The monoisotopic (exact) mass is 366 g/mol. The molecule has 7 heteroatoms. The fourth-order valence-electron chi connectivity index (χ4n) is 4.03. The molecule has 1 aromatic carbocycles. The van der Waals surface area contributed by atoms with Crippen LogP contribution < -0.4 is 5.32 Å². The Labute approximate surface area is 151 Å². The molecule has 0 bridgehead atoms. The van der Waals surface area contributed by atoms with Crippen LogP contribution >= 0.6 is 0 Å². The summed E-state index contributed by atoms with van der Waals surface area (Å²) < 4.78 is 27.4. The third-order valence-electron chi connectivity index (χ3n) is 5.80. The molecular weight excluding hydrogens is 342 g/mol. The maximum absolute atomic E-state index is 14.2. The number of carboxylic acids is 1. The van der Waals surface area contributed by atoms with Crippen molar-refractivity contribution in [1.29, 1.82) is 0 Å². The van der Waals surface area contributed by atoms with Crippen molar-refractivity contribution in [1.82, 2.24) is 10.2 Å². The summed E-state index contributed by atoms with van der Waals surface area (Å²) in [5.41, 5.74) is -0.645. The minimum atomic E-state index is -0.908. The molecule has 26 heavy (non-hydrogen) atoms. The summed E-state index contributed by atoms with van der Waals surface area (Å²) in [6.45, 7) is 2.55. The molecule has 2 saturated carbocycles. The molecule has 0 radical (unpaired) electrons. The van der Waals surface area contributed by atoms with E-state index in [9.17, 15) is 18.4 Å². The highest BCUT2D eigenvalue weighted by Gasteiger charge is 2.48. The normalized spacial score (nSPS) is 23.8. The maximum atomic E-state index is 14.2. The van der Waals surface area contributed by atoms with E-state index in [4.69, 9.17) is 5.11 Å². The Morgan fingerprint density at radius 3 is 2.50 bits per heavy atom. The summed E-state index contributed by atoms with van der Waals surface area (Å²) in [6.07, 6.45) is 3.32. The van der Waals surface area contributed by atoms with Crippen molar-refractivity contribution in [2.75, 3.05) is 13.1 Å². The molecule has 0 saturated heterocycles. The number of carboxylic acid groups (broad SMARTS) is 1. The molecule has 0 spiro atoms. The zero-order chi connectivity index (χ0) is 18.9. The lowest BCUT2D eigenvalue weighted by Crippen LogP contribution is -2.59. The van der Waals surface area contributed by atoms with E-state index in [0.29, 0.717) is 32.2 Å². The summed E-state index contributed by atoms with van der Waals surface area (Å²) in [4.78, 5) is 25.6. The Kier molecular flexibility index (Phi) is 5.27. The molecule has 0 atom stereocenters. The molecule has 2 aliphatic rings. The van der Waals surface area contributed by atoms with Gasteiger partial charge in [-0.15, -0.1) is 0 Å². The highest BCUT2D eigenvalue weighted by atomic mass is 19.1. The van der Waals surface area contributed by atoms with Gasteiger partial charge < -0.3 is 10.4 Å². The second kappa shape index (κ2) is 7.31. The van der Waals surface area contributed by atoms with Crippen LogP contribution in [0.5, 0.6) is 0 Å². The zero-order valence-electron chi connectivity index (χ0n) is 14.8. The van der Waals surface area contributed by atoms with E-state index in [-0.39, 0.29) is 30.1 Å². The topological polar surface area (TPSA) is 69.6 Å². The van der Waals surface area contributed by atoms with Crippen LogP contribution in [0, 0.1) is 11.6 Å². The van der Waals surface area contributed by atoms with Crippen molar-refractivity contribution in [3.63, 3.8) is 0 Å². The molecule has 0 heterocycles. The second-order valence-corrected chi connectivity index (χ2v) is 7.31. The Morgan fingerprint density at radius 2 is 2.00 bits per heavy atom. The van der Waals surface area contributed by atoms with Gasteiger partial charge >= 0.3 is 5.97 Å². The van der Waals surface area contributed by atoms with Gasteiger partial charge in [-0.1, -0.05) is 19.4 Å². The number of rotatable bonds is 7. The van der Waals surface area contributed by atoms with Crippen molar-refractivity contribution in [3.05, 3.63) is 35.4 Å². The van der Waals surface area contributed by atoms with Gasteiger partial charge in [0.1, 0.15) is 11.6 Å². The van der Waals surface area contributed by atoms with E-state index < -0.39 is 23.0 Å². The summed E-state index contributed by atoms with van der Waals surface area (Å²) in [5.74, 6) is -2.40. The largest absolute Gasteiger partial charge is 0.480 e. The van der Waals surface area contributed by atoms with Crippen molar-refractivity contribution in [3.8, 4) is 0 Å². The molecular formula is C19H24F2N2O3. The van der Waals surface area contributed by atoms with Crippen LogP contribution in [0.15, 0.2) is 18.2 Å². The molecule has 0 unspecified atom stereocenters. The average molecular weight is 366 g/mol. The molecule has 142 valence electrons. The number of hydrogen-bond acceptors (Lipinski definition) is 3. The molecule has 1 aromatic rings. The van der Waals surface area contributed by atoms with Crippen LogP contribution in [0.1, 0.15) is 44.6 Å². The maximum Gasteiger partial charge on any atom is 0.317 e. The van der Waals surface area contributed by atoms with Crippen LogP contribution in [-0.2, 0) is 15.0 Å². The quantitative estimate of drug-likeness (QED) is 0.778. The number of carbonyl (C=O) groups excluding carboxylic acids is 1. The first-order chi connectivity index (χ1) is 12.4.